The molecule has 96 valence electrons. The van der Waals surface area contributed by atoms with Crippen LogP contribution in [0.15, 0.2) is 24.3 Å². The molecule has 0 fully saturated rings. The Labute approximate surface area is 118 Å². The van der Waals surface area contributed by atoms with Gasteiger partial charge in [0.2, 0.25) is 0 Å². The number of rotatable bonds is 7. The van der Waals surface area contributed by atoms with Crippen LogP contribution in [0.2, 0.25) is 5.02 Å². The van der Waals surface area contributed by atoms with Gasteiger partial charge in [-0.15, -0.1) is 0 Å². The van der Waals surface area contributed by atoms with Gasteiger partial charge in [-0.1, -0.05) is 60.8 Å². The van der Waals surface area contributed by atoms with E-state index in [-0.39, 0.29) is 0 Å². The first-order valence-corrected chi connectivity index (χ1v) is 10.6. The van der Waals surface area contributed by atoms with Crippen molar-refractivity contribution in [2.75, 3.05) is 11.9 Å². The van der Waals surface area contributed by atoms with Crippen LogP contribution in [-0.2, 0) is 22.9 Å². The Kier molecular flexibility index (Phi) is 7.13. The standard InChI is InChI=1S/C12H18ClOPS2/c1-3-9-17-15(16,4-2)14-10-11-5-7-12(13)8-6-11/h5-8H,3-4,9-10H2,1-2H3. The van der Waals surface area contributed by atoms with Gasteiger partial charge in [-0.05, 0) is 29.9 Å². The van der Waals surface area contributed by atoms with Gasteiger partial charge in [0.25, 0.3) is 0 Å². The average Bonchev–Trinajstić information content (AvgIpc) is 2.36. The van der Waals surface area contributed by atoms with Gasteiger partial charge in [-0.2, -0.15) is 0 Å². The summed E-state index contributed by atoms with van der Waals surface area (Å²) in [5, 5.41) is 0.754. The fourth-order valence-corrected chi connectivity index (χ4v) is 5.72. The van der Waals surface area contributed by atoms with Gasteiger partial charge in [0.05, 0.1) is 6.61 Å². The van der Waals surface area contributed by atoms with E-state index in [4.69, 9.17) is 27.9 Å². The molecule has 0 saturated carbocycles. The summed E-state index contributed by atoms with van der Waals surface area (Å²) in [7, 11) is 0. The zero-order chi connectivity index (χ0) is 12.7. The lowest BCUT2D eigenvalue weighted by Gasteiger charge is -2.19. The van der Waals surface area contributed by atoms with Crippen LogP contribution in [-0.4, -0.2) is 11.9 Å². The molecule has 1 nitrogen and oxygen atoms in total. The Bertz CT molecular complexity index is 381. The summed E-state index contributed by atoms with van der Waals surface area (Å²) >= 11 is 13.3. The molecule has 5 heteroatoms. The van der Waals surface area contributed by atoms with Crippen molar-refractivity contribution in [3.63, 3.8) is 0 Å². The molecule has 0 N–H and O–H groups in total. The minimum absolute atomic E-state index is 0.596. The number of benzene rings is 1. The quantitative estimate of drug-likeness (QED) is 0.630. The van der Waals surface area contributed by atoms with Gasteiger partial charge in [0.15, 0.2) is 0 Å². The van der Waals surface area contributed by atoms with E-state index in [0.29, 0.717) is 6.61 Å². The van der Waals surface area contributed by atoms with Crippen LogP contribution in [0.3, 0.4) is 0 Å². The summed E-state index contributed by atoms with van der Waals surface area (Å²) in [6.45, 7) is 4.88. The maximum absolute atomic E-state index is 5.95. The zero-order valence-corrected chi connectivity index (χ0v) is 13.5. The van der Waals surface area contributed by atoms with E-state index in [2.05, 4.69) is 13.8 Å². The topological polar surface area (TPSA) is 9.23 Å². The highest BCUT2D eigenvalue weighted by molar-refractivity contribution is 8.69. The Morgan fingerprint density at radius 3 is 2.47 bits per heavy atom. The molecule has 0 amide bonds. The molecule has 0 aliphatic rings. The molecule has 17 heavy (non-hydrogen) atoms. The molecule has 1 atom stereocenters. The maximum atomic E-state index is 5.95. The third-order valence-electron chi connectivity index (χ3n) is 2.22. The highest BCUT2D eigenvalue weighted by atomic mass is 35.5. The summed E-state index contributed by atoms with van der Waals surface area (Å²) in [4.78, 5) is 0. The van der Waals surface area contributed by atoms with Gasteiger partial charge in [0.1, 0.15) is 5.47 Å². The summed E-state index contributed by atoms with van der Waals surface area (Å²) in [5.74, 6) is 1.09. The lowest BCUT2D eigenvalue weighted by atomic mass is 10.2. The molecule has 0 saturated heterocycles. The predicted octanol–water partition coefficient (Wildman–Crippen LogP) is 5.33. The van der Waals surface area contributed by atoms with Gasteiger partial charge in [-0.3, -0.25) is 0 Å². The van der Waals surface area contributed by atoms with Crippen LogP contribution in [0.1, 0.15) is 25.8 Å². The van der Waals surface area contributed by atoms with Crippen molar-refractivity contribution < 1.29 is 4.52 Å². The second-order valence-corrected chi connectivity index (χ2v) is 11.9. The SMILES string of the molecule is CCCSP(=S)(CC)OCc1ccc(Cl)cc1. The van der Waals surface area contributed by atoms with Gasteiger partial charge in [-0.25, -0.2) is 0 Å². The molecule has 0 aromatic heterocycles. The van der Waals surface area contributed by atoms with Crippen LogP contribution in [0.5, 0.6) is 0 Å². The van der Waals surface area contributed by atoms with Crippen molar-refractivity contribution in [2.45, 2.75) is 26.9 Å². The molecular formula is C12H18ClOPS2. The Hall–Kier alpha value is 0.470. The number of hydrogen-bond donors (Lipinski definition) is 0. The molecular weight excluding hydrogens is 291 g/mol. The highest BCUT2D eigenvalue weighted by Crippen LogP contribution is 2.60. The minimum atomic E-state index is -1.68. The molecule has 1 rings (SSSR count). The van der Waals surface area contributed by atoms with E-state index in [1.807, 2.05) is 35.6 Å². The summed E-state index contributed by atoms with van der Waals surface area (Å²) in [6, 6.07) is 7.74. The molecule has 0 bridgehead atoms. The lowest BCUT2D eigenvalue weighted by Crippen LogP contribution is -1.92. The Morgan fingerprint density at radius 1 is 1.29 bits per heavy atom. The van der Waals surface area contributed by atoms with E-state index in [1.165, 1.54) is 0 Å². The van der Waals surface area contributed by atoms with Gasteiger partial charge in [0, 0.05) is 11.2 Å². The van der Waals surface area contributed by atoms with Gasteiger partial charge >= 0.3 is 0 Å². The number of hydrogen-bond acceptors (Lipinski definition) is 3. The second-order valence-electron chi connectivity index (χ2n) is 3.66. The Balaban J connectivity index is 2.52. The van der Waals surface area contributed by atoms with E-state index in [1.54, 1.807) is 0 Å². The summed E-state index contributed by atoms with van der Waals surface area (Å²) in [6.07, 6.45) is 2.09. The zero-order valence-electron chi connectivity index (χ0n) is 10.2. The van der Waals surface area contributed by atoms with Gasteiger partial charge < -0.3 is 4.52 Å². The minimum Gasteiger partial charge on any atom is -0.337 e. The van der Waals surface area contributed by atoms with Crippen LogP contribution in [0.4, 0.5) is 0 Å². The fourth-order valence-electron chi connectivity index (χ4n) is 1.20. The van der Waals surface area contributed by atoms with Crippen molar-refractivity contribution >= 4 is 40.3 Å². The highest BCUT2D eigenvalue weighted by Gasteiger charge is 2.15. The lowest BCUT2D eigenvalue weighted by molar-refractivity contribution is 0.348. The van der Waals surface area contributed by atoms with Crippen LogP contribution in [0.25, 0.3) is 0 Å². The van der Waals surface area contributed by atoms with Crippen LogP contribution < -0.4 is 0 Å². The second kappa shape index (κ2) is 7.81. The van der Waals surface area contributed by atoms with E-state index >= 15 is 0 Å². The predicted molar refractivity (Wildman–Crippen MR) is 83.8 cm³/mol. The van der Waals surface area contributed by atoms with Crippen molar-refractivity contribution in [2.24, 2.45) is 0 Å². The summed E-state index contributed by atoms with van der Waals surface area (Å²) < 4.78 is 5.95. The Morgan fingerprint density at radius 2 is 1.94 bits per heavy atom. The fraction of sp³-hybridized carbons (Fsp3) is 0.500. The molecule has 1 aromatic rings. The average molecular weight is 309 g/mol. The van der Waals surface area contributed by atoms with E-state index < -0.39 is 5.47 Å². The molecule has 0 radical (unpaired) electrons. The van der Waals surface area contributed by atoms with E-state index in [9.17, 15) is 0 Å². The largest absolute Gasteiger partial charge is 0.337 e. The third-order valence-corrected chi connectivity index (χ3v) is 9.61. The van der Waals surface area contributed by atoms with Crippen molar-refractivity contribution in [3.05, 3.63) is 34.9 Å². The molecule has 0 heterocycles. The smallest absolute Gasteiger partial charge is 0.119 e. The molecule has 1 aromatic carbocycles. The van der Waals surface area contributed by atoms with Crippen LogP contribution >= 0.6 is 28.4 Å². The molecule has 0 aliphatic heterocycles. The maximum Gasteiger partial charge on any atom is 0.119 e. The first-order chi connectivity index (χ1) is 8.09. The number of halogens is 1. The summed E-state index contributed by atoms with van der Waals surface area (Å²) in [5.41, 5.74) is -0.544. The monoisotopic (exact) mass is 308 g/mol. The van der Waals surface area contributed by atoms with Crippen molar-refractivity contribution in [1.82, 2.24) is 0 Å². The van der Waals surface area contributed by atoms with E-state index in [0.717, 1.165) is 28.9 Å². The molecule has 0 spiro atoms. The third kappa shape index (κ3) is 5.76. The van der Waals surface area contributed by atoms with Crippen LogP contribution in [0, 0.1) is 0 Å². The van der Waals surface area contributed by atoms with Crippen molar-refractivity contribution in [3.8, 4) is 0 Å². The first-order valence-electron chi connectivity index (χ1n) is 5.72. The molecule has 0 aliphatic carbocycles. The normalized spacial score (nSPS) is 14.5. The van der Waals surface area contributed by atoms with Crippen molar-refractivity contribution in [1.29, 1.82) is 0 Å². The molecule has 1 unspecified atom stereocenters. The first kappa shape index (κ1) is 15.5.